The van der Waals surface area contributed by atoms with E-state index in [1.807, 2.05) is 0 Å². The van der Waals surface area contributed by atoms with Crippen LogP contribution in [0.2, 0.25) is 0 Å². The monoisotopic (exact) mass is 313 g/mol. The molecule has 0 heterocycles. The molecule has 0 unspecified atom stereocenters. The number of nitrogens with zero attached hydrogens (tertiary/aromatic N) is 3. The fourth-order valence-corrected chi connectivity index (χ4v) is 1.68. The van der Waals surface area contributed by atoms with Gasteiger partial charge in [0.05, 0.1) is 11.3 Å². The highest BCUT2D eigenvalue weighted by Gasteiger charge is 2.06. The lowest BCUT2D eigenvalue weighted by molar-refractivity contribution is -0.384. The summed E-state index contributed by atoms with van der Waals surface area (Å²) < 4.78 is 5.57. The number of nitro benzene ring substituents is 1. The molecular weight excluding hydrogens is 298 g/mol. The minimum Gasteiger partial charge on any atom is -0.457 e. The van der Waals surface area contributed by atoms with Crippen molar-refractivity contribution in [1.29, 1.82) is 0 Å². The number of carbonyl (C=O) groups is 1. The van der Waals surface area contributed by atoms with E-state index in [9.17, 15) is 14.9 Å². The molecule has 0 N–H and O–H groups in total. The molecule has 2 aromatic rings. The molecule has 0 spiro atoms. The van der Waals surface area contributed by atoms with Crippen molar-refractivity contribution in [3.05, 3.63) is 64.2 Å². The molecule has 2 rings (SSSR count). The largest absolute Gasteiger partial charge is 0.457 e. The van der Waals surface area contributed by atoms with Gasteiger partial charge in [-0.3, -0.25) is 14.9 Å². The third-order valence-electron chi connectivity index (χ3n) is 2.79. The van der Waals surface area contributed by atoms with Crippen molar-refractivity contribution in [3.63, 3.8) is 0 Å². The summed E-state index contributed by atoms with van der Waals surface area (Å²) in [6.07, 6.45) is 1.43. The SMILES string of the molecule is CN(C)C=NC(=O)c1ccc(Oc2ccc([N+](=O)[O-])cc2)cc1. The molecule has 1 amide bonds. The van der Waals surface area contributed by atoms with Crippen LogP contribution in [0.3, 0.4) is 0 Å². The molecule has 0 radical (unpaired) electrons. The van der Waals surface area contributed by atoms with Crippen LogP contribution >= 0.6 is 0 Å². The first-order valence-corrected chi connectivity index (χ1v) is 6.73. The summed E-state index contributed by atoms with van der Waals surface area (Å²) in [6, 6.07) is 12.2. The summed E-state index contributed by atoms with van der Waals surface area (Å²) in [4.78, 5) is 27.4. The second-order valence-corrected chi connectivity index (χ2v) is 4.89. The van der Waals surface area contributed by atoms with E-state index in [1.165, 1.54) is 30.6 Å². The summed E-state index contributed by atoms with van der Waals surface area (Å²) in [5, 5.41) is 10.6. The first-order chi connectivity index (χ1) is 11.0. The van der Waals surface area contributed by atoms with Crippen LogP contribution in [0.5, 0.6) is 11.5 Å². The molecule has 0 bridgehead atoms. The van der Waals surface area contributed by atoms with E-state index in [4.69, 9.17) is 4.74 Å². The van der Waals surface area contributed by atoms with Crippen LogP contribution in [0.15, 0.2) is 53.5 Å². The molecule has 0 atom stereocenters. The Balaban J connectivity index is 2.05. The molecule has 0 aliphatic carbocycles. The summed E-state index contributed by atoms with van der Waals surface area (Å²) in [7, 11) is 3.55. The van der Waals surface area contributed by atoms with Crippen LogP contribution in [-0.4, -0.2) is 36.2 Å². The zero-order valence-corrected chi connectivity index (χ0v) is 12.7. The molecule has 23 heavy (non-hydrogen) atoms. The van der Waals surface area contributed by atoms with Gasteiger partial charge in [0.1, 0.15) is 11.5 Å². The van der Waals surface area contributed by atoms with Crippen LogP contribution in [-0.2, 0) is 0 Å². The number of amides is 1. The highest BCUT2D eigenvalue weighted by atomic mass is 16.6. The molecule has 0 saturated carbocycles. The Morgan fingerprint density at radius 2 is 1.61 bits per heavy atom. The highest BCUT2D eigenvalue weighted by molar-refractivity contribution is 5.98. The molecule has 118 valence electrons. The molecule has 7 heteroatoms. The molecule has 2 aromatic carbocycles. The maximum atomic E-state index is 11.8. The second kappa shape index (κ2) is 7.17. The van der Waals surface area contributed by atoms with Crippen molar-refractivity contribution in [2.45, 2.75) is 0 Å². The molecule has 0 aromatic heterocycles. The Morgan fingerprint density at radius 1 is 1.09 bits per heavy atom. The van der Waals surface area contributed by atoms with Gasteiger partial charge in [0.15, 0.2) is 0 Å². The van der Waals surface area contributed by atoms with Crippen LogP contribution < -0.4 is 4.74 Å². The van der Waals surface area contributed by atoms with Gasteiger partial charge < -0.3 is 9.64 Å². The molecule has 7 nitrogen and oxygen atoms in total. The molecule has 0 aliphatic heterocycles. The Labute approximate surface area is 133 Å². The minimum absolute atomic E-state index is 0.00273. The van der Waals surface area contributed by atoms with Gasteiger partial charge in [-0.2, -0.15) is 4.99 Å². The first-order valence-electron chi connectivity index (χ1n) is 6.73. The topological polar surface area (TPSA) is 85.0 Å². The number of non-ortho nitro benzene ring substituents is 1. The molecule has 0 saturated heterocycles. The van der Waals surface area contributed by atoms with Crippen LogP contribution in [0.25, 0.3) is 0 Å². The molecule has 0 fully saturated rings. The van der Waals surface area contributed by atoms with E-state index in [-0.39, 0.29) is 11.6 Å². The van der Waals surface area contributed by atoms with Gasteiger partial charge in [-0.25, -0.2) is 0 Å². The highest BCUT2D eigenvalue weighted by Crippen LogP contribution is 2.24. The fourth-order valence-electron chi connectivity index (χ4n) is 1.68. The van der Waals surface area contributed by atoms with E-state index >= 15 is 0 Å². The maximum absolute atomic E-state index is 11.8. The van der Waals surface area contributed by atoms with E-state index in [2.05, 4.69) is 4.99 Å². The smallest absolute Gasteiger partial charge is 0.278 e. The predicted octanol–water partition coefficient (Wildman–Crippen LogP) is 3.12. The van der Waals surface area contributed by atoms with Gasteiger partial charge >= 0.3 is 0 Å². The van der Waals surface area contributed by atoms with Gasteiger partial charge in [-0.05, 0) is 36.4 Å². The van der Waals surface area contributed by atoms with Crippen molar-refractivity contribution in [1.82, 2.24) is 4.90 Å². The first kappa shape index (κ1) is 16.2. The van der Waals surface area contributed by atoms with E-state index in [0.29, 0.717) is 17.1 Å². The maximum Gasteiger partial charge on any atom is 0.278 e. The summed E-state index contributed by atoms with van der Waals surface area (Å²) in [6.45, 7) is 0. The van der Waals surface area contributed by atoms with Crippen LogP contribution in [0.4, 0.5) is 5.69 Å². The Morgan fingerprint density at radius 3 is 2.09 bits per heavy atom. The summed E-state index contributed by atoms with van der Waals surface area (Å²) in [5.41, 5.74) is 0.441. The average molecular weight is 313 g/mol. The summed E-state index contributed by atoms with van der Waals surface area (Å²) >= 11 is 0. The zero-order chi connectivity index (χ0) is 16.8. The number of ether oxygens (including phenoxy) is 1. The number of aliphatic imine (C=N–C) groups is 1. The quantitative estimate of drug-likeness (QED) is 0.366. The zero-order valence-electron chi connectivity index (χ0n) is 12.7. The number of benzene rings is 2. The van der Waals surface area contributed by atoms with Crippen molar-refractivity contribution in [2.75, 3.05) is 14.1 Å². The molecule has 0 aliphatic rings. The number of nitro groups is 1. The number of rotatable bonds is 5. The van der Waals surface area contributed by atoms with Crippen molar-refractivity contribution in [3.8, 4) is 11.5 Å². The lowest BCUT2D eigenvalue weighted by atomic mass is 10.2. The lowest BCUT2D eigenvalue weighted by Crippen LogP contribution is -2.09. The lowest BCUT2D eigenvalue weighted by Gasteiger charge is -2.06. The van der Waals surface area contributed by atoms with Crippen molar-refractivity contribution < 1.29 is 14.5 Å². The van der Waals surface area contributed by atoms with Gasteiger partial charge in [0, 0.05) is 31.8 Å². The van der Waals surface area contributed by atoms with E-state index < -0.39 is 4.92 Å². The van der Waals surface area contributed by atoms with Crippen LogP contribution in [0.1, 0.15) is 10.4 Å². The van der Waals surface area contributed by atoms with Crippen molar-refractivity contribution >= 4 is 17.9 Å². The second-order valence-electron chi connectivity index (χ2n) is 4.89. The normalized spacial score (nSPS) is 10.5. The number of hydrogen-bond acceptors (Lipinski definition) is 4. The van der Waals surface area contributed by atoms with Crippen LogP contribution in [0, 0.1) is 10.1 Å². The Kier molecular flexibility index (Phi) is 5.03. The van der Waals surface area contributed by atoms with Gasteiger partial charge in [0.25, 0.3) is 11.6 Å². The standard InChI is InChI=1S/C16H15N3O4/c1-18(2)11-17-16(20)12-3-7-14(8-4-12)23-15-9-5-13(6-10-15)19(21)22/h3-11H,1-2H3. The average Bonchev–Trinajstić information content (AvgIpc) is 2.54. The van der Waals surface area contributed by atoms with Gasteiger partial charge in [0.2, 0.25) is 0 Å². The van der Waals surface area contributed by atoms with Crippen molar-refractivity contribution in [2.24, 2.45) is 4.99 Å². The van der Waals surface area contributed by atoms with E-state index in [0.717, 1.165) is 0 Å². The Hall–Kier alpha value is -3.22. The van der Waals surface area contributed by atoms with Gasteiger partial charge in [-0.1, -0.05) is 0 Å². The Bertz CT molecular complexity index is 722. The summed E-state index contributed by atoms with van der Waals surface area (Å²) in [5.74, 6) is 0.646. The fraction of sp³-hybridized carbons (Fsp3) is 0.125. The minimum atomic E-state index is -0.474. The number of carbonyl (C=O) groups excluding carboxylic acids is 1. The number of hydrogen-bond donors (Lipinski definition) is 0. The van der Waals surface area contributed by atoms with Gasteiger partial charge in [-0.15, -0.1) is 0 Å². The third kappa shape index (κ3) is 4.63. The predicted molar refractivity (Wildman–Crippen MR) is 86.1 cm³/mol. The molecular formula is C16H15N3O4. The van der Waals surface area contributed by atoms with E-state index in [1.54, 1.807) is 43.3 Å². The third-order valence-corrected chi connectivity index (χ3v) is 2.79.